The van der Waals surface area contributed by atoms with Crippen LogP contribution in [0.4, 0.5) is 5.69 Å². The predicted molar refractivity (Wildman–Crippen MR) is 184 cm³/mol. The Kier molecular flexibility index (Phi) is 13.5. The molecule has 3 rings (SSSR count). The zero-order valence-corrected chi connectivity index (χ0v) is 28.4. The van der Waals surface area contributed by atoms with Gasteiger partial charge in [-0.3, -0.25) is 33.6 Å². The predicted octanol–water partition coefficient (Wildman–Crippen LogP) is 0.713. The molecule has 1 saturated carbocycles. The summed E-state index contributed by atoms with van der Waals surface area (Å²) in [7, 11) is 0. The highest BCUT2D eigenvalue weighted by Crippen LogP contribution is 2.29. The van der Waals surface area contributed by atoms with Crippen molar-refractivity contribution in [2.24, 2.45) is 11.5 Å². The first-order chi connectivity index (χ1) is 23.5. The number of nitrogen functional groups attached to an aromatic ring is 1. The highest BCUT2D eigenvalue weighted by molar-refractivity contribution is 6.03. The fraction of sp³-hybridized carbons (Fsp3) is 0.457. The van der Waals surface area contributed by atoms with E-state index in [-0.39, 0.29) is 49.8 Å². The number of rotatable bonds is 17. The number of para-hydroxylation sites is 1. The molecule has 2 aromatic carbocycles. The van der Waals surface area contributed by atoms with Gasteiger partial charge in [0.05, 0.1) is 12.0 Å². The fourth-order valence-electron chi connectivity index (χ4n) is 5.94. The van der Waals surface area contributed by atoms with Gasteiger partial charge in [-0.1, -0.05) is 61.2 Å². The van der Waals surface area contributed by atoms with Crippen molar-refractivity contribution >= 4 is 47.1 Å². The summed E-state index contributed by atoms with van der Waals surface area (Å²) in [6.45, 7) is 3.32. The second kappa shape index (κ2) is 17.3. The van der Waals surface area contributed by atoms with Crippen molar-refractivity contribution in [3.8, 4) is 0 Å². The van der Waals surface area contributed by atoms with Gasteiger partial charge < -0.3 is 43.6 Å². The quantitative estimate of drug-likeness (QED) is 0.108. The third kappa shape index (κ3) is 10.8. The van der Waals surface area contributed by atoms with Crippen LogP contribution in [0.3, 0.4) is 0 Å². The minimum Gasteiger partial charge on any atom is -0.481 e. The van der Waals surface area contributed by atoms with Crippen LogP contribution in [0.5, 0.6) is 0 Å². The molecule has 1 fully saturated rings. The lowest BCUT2D eigenvalue weighted by molar-refractivity contribution is -0.139. The number of nitrogens with one attached hydrogen (secondary N) is 4. The zero-order chi connectivity index (χ0) is 37.1. The molecule has 1 aliphatic rings. The van der Waals surface area contributed by atoms with Gasteiger partial charge in [-0.15, -0.1) is 0 Å². The molecular formula is C35H47N7O8. The maximum atomic E-state index is 14.2. The normalized spacial score (nSPS) is 16.0. The molecule has 2 aromatic rings. The van der Waals surface area contributed by atoms with Crippen molar-refractivity contribution in [1.29, 1.82) is 0 Å². The number of amides is 6. The van der Waals surface area contributed by atoms with E-state index >= 15 is 0 Å². The monoisotopic (exact) mass is 693 g/mol. The minimum absolute atomic E-state index is 0.00801. The second-order valence-electron chi connectivity index (χ2n) is 13.1. The molecule has 270 valence electrons. The van der Waals surface area contributed by atoms with E-state index < -0.39 is 71.0 Å². The number of aryl methyl sites for hydroxylation is 1. The molecule has 15 heteroatoms. The van der Waals surface area contributed by atoms with Crippen molar-refractivity contribution in [2.45, 2.75) is 101 Å². The van der Waals surface area contributed by atoms with Crippen LogP contribution in [-0.2, 0) is 35.2 Å². The average Bonchev–Trinajstić information content (AvgIpc) is 3.05. The third-order valence-electron chi connectivity index (χ3n) is 8.90. The Balaban J connectivity index is 1.96. The van der Waals surface area contributed by atoms with E-state index in [2.05, 4.69) is 21.3 Å². The van der Waals surface area contributed by atoms with Crippen LogP contribution in [0.25, 0.3) is 0 Å². The van der Waals surface area contributed by atoms with Crippen LogP contribution in [0.1, 0.15) is 86.2 Å². The number of hydrogen-bond donors (Lipinski definition) is 8. The van der Waals surface area contributed by atoms with Crippen molar-refractivity contribution in [3.63, 3.8) is 0 Å². The molecule has 1 aliphatic carbocycles. The van der Waals surface area contributed by atoms with Gasteiger partial charge in [0.15, 0.2) is 0 Å². The molecule has 50 heavy (non-hydrogen) atoms. The first-order valence-electron chi connectivity index (χ1n) is 16.5. The number of hydrogen-bond acceptors (Lipinski definition) is 8. The summed E-state index contributed by atoms with van der Waals surface area (Å²) in [5, 5.41) is 20.0. The van der Waals surface area contributed by atoms with Crippen LogP contribution in [0, 0.1) is 6.92 Å². The zero-order valence-electron chi connectivity index (χ0n) is 28.4. The Morgan fingerprint density at radius 1 is 0.900 bits per heavy atom. The molecule has 0 bridgehead atoms. The van der Waals surface area contributed by atoms with Gasteiger partial charge in [0, 0.05) is 18.5 Å². The Labute approximate surface area is 290 Å². The van der Waals surface area contributed by atoms with Gasteiger partial charge in [-0.2, -0.15) is 0 Å². The van der Waals surface area contributed by atoms with Crippen LogP contribution in [-0.4, -0.2) is 69.7 Å². The van der Waals surface area contributed by atoms with Crippen LogP contribution < -0.4 is 38.5 Å². The minimum atomic E-state index is -1.69. The van der Waals surface area contributed by atoms with Crippen LogP contribution >= 0.6 is 0 Å². The highest BCUT2D eigenvalue weighted by atomic mass is 16.4. The van der Waals surface area contributed by atoms with E-state index in [1.54, 1.807) is 24.3 Å². The van der Waals surface area contributed by atoms with E-state index in [1.807, 2.05) is 19.1 Å². The third-order valence-corrected chi connectivity index (χ3v) is 8.90. The van der Waals surface area contributed by atoms with E-state index in [9.17, 15) is 38.7 Å². The van der Waals surface area contributed by atoms with Gasteiger partial charge >= 0.3 is 5.97 Å². The fourth-order valence-corrected chi connectivity index (χ4v) is 5.94. The van der Waals surface area contributed by atoms with Crippen molar-refractivity contribution in [3.05, 3.63) is 65.2 Å². The molecular weight excluding hydrogens is 646 g/mol. The number of primary amides is 2. The van der Waals surface area contributed by atoms with Gasteiger partial charge in [0.25, 0.3) is 5.91 Å². The molecule has 0 spiro atoms. The van der Waals surface area contributed by atoms with E-state index in [4.69, 9.17) is 17.2 Å². The molecule has 11 N–H and O–H groups in total. The largest absolute Gasteiger partial charge is 0.481 e. The van der Waals surface area contributed by atoms with Gasteiger partial charge in [-0.25, -0.2) is 0 Å². The molecule has 0 aliphatic heterocycles. The Bertz CT molecular complexity index is 1590. The number of aliphatic carboxylic acids is 1. The van der Waals surface area contributed by atoms with Crippen molar-refractivity contribution in [2.75, 3.05) is 5.73 Å². The Morgan fingerprint density at radius 2 is 1.54 bits per heavy atom. The number of carbonyl (C=O) groups excluding carboxylic acids is 6. The molecule has 0 saturated heterocycles. The lowest BCUT2D eigenvalue weighted by Gasteiger charge is -2.39. The van der Waals surface area contributed by atoms with E-state index in [0.29, 0.717) is 18.4 Å². The molecule has 15 nitrogen and oxygen atoms in total. The summed E-state index contributed by atoms with van der Waals surface area (Å²) in [6, 6.07) is 10.8. The Hall–Kier alpha value is -5.47. The second-order valence-corrected chi connectivity index (χ2v) is 13.1. The number of carboxylic acid groups (broad SMARTS) is 1. The van der Waals surface area contributed by atoms with Gasteiger partial charge in [0.2, 0.25) is 29.5 Å². The van der Waals surface area contributed by atoms with Gasteiger partial charge in [0.1, 0.15) is 23.2 Å². The summed E-state index contributed by atoms with van der Waals surface area (Å²) < 4.78 is 0. The number of carbonyl (C=O) groups is 7. The molecule has 0 unspecified atom stereocenters. The molecule has 0 radical (unpaired) electrons. The van der Waals surface area contributed by atoms with E-state index in [0.717, 1.165) is 12.0 Å². The van der Waals surface area contributed by atoms with Crippen LogP contribution in [0.15, 0.2) is 48.5 Å². The standard InChI is InChI=1S/C35H47N7O8/c1-21-12-14-22(15-13-21)19-26(31(48)42-35(17-6-3-7-18-35)33(50)39-25(29(38)46)20-27(37)43)40-32(49)34(2,16-8-11-28(44)45)41-30(47)23-9-4-5-10-24(23)36/h4-5,9-10,12-15,25-26H,3,6-8,11,16-20,36H2,1-2H3,(H2,37,43)(H2,38,46)(H,39,50)(H,40,49)(H,41,47)(H,42,48)(H,44,45)/t25-,26-,34+/m0/s1. The summed E-state index contributed by atoms with van der Waals surface area (Å²) in [5.74, 6) is -5.79. The first kappa shape index (κ1) is 39.0. The maximum absolute atomic E-state index is 14.2. The summed E-state index contributed by atoms with van der Waals surface area (Å²) in [6.07, 6.45) is 1.44. The van der Waals surface area contributed by atoms with Crippen molar-refractivity contribution < 1.29 is 38.7 Å². The molecule has 0 aromatic heterocycles. The number of anilines is 1. The summed E-state index contributed by atoms with van der Waals surface area (Å²) in [4.78, 5) is 90.3. The first-order valence-corrected chi connectivity index (χ1v) is 16.5. The molecule has 3 atom stereocenters. The highest BCUT2D eigenvalue weighted by Gasteiger charge is 2.44. The number of nitrogens with two attached hydrogens (primary N) is 3. The summed E-state index contributed by atoms with van der Waals surface area (Å²) in [5.41, 5.74) is 15.4. The maximum Gasteiger partial charge on any atom is 0.303 e. The lowest BCUT2D eigenvalue weighted by Crippen LogP contribution is -2.66. The average molecular weight is 694 g/mol. The van der Waals surface area contributed by atoms with Crippen LogP contribution in [0.2, 0.25) is 0 Å². The smallest absolute Gasteiger partial charge is 0.303 e. The molecule has 0 heterocycles. The lowest BCUT2D eigenvalue weighted by atomic mass is 9.80. The number of benzene rings is 2. The SMILES string of the molecule is Cc1ccc(C[C@H](NC(=O)[C@@](C)(CCCC(=O)O)NC(=O)c2ccccc2N)C(=O)NC2(C(=O)N[C@@H](CC(N)=O)C(N)=O)CCCCC2)cc1. The number of carboxylic acids is 1. The van der Waals surface area contributed by atoms with E-state index in [1.165, 1.54) is 19.1 Å². The molecule has 6 amide bonds. The summed E-state index contributed by atoms with van der Waals surface area (Å²) >= 11 is 0. The van der Waals surface area contributed by atoms with Crippen molar-refractivity contribution in [1.82, 2.24) is 21.3 Å². The Morgan fingerprint density at radius 3 is 2.12 bits per heavy atom. The van der Waals surface area contributed by atoms with Gasteiger partial charge in [-0.05, 0) is 57.2 Å². The topological polar surface area (TPSA) is 266 Å².